The van der Waals surface area contributed by atoms with E-state index in [-0.39, 0.29) is 24.3 Å². The molecule has 0 unspecified atom stereocenters. The summed E-state index contributed by atoms with van der Waals surface area (Å²) >= 11 is 0. The van der Waals surface area contributed by atoms with Crippen LogP contribution in [0.15, 0.2) is 41.3 Å². The molecule has 0 saturated heterocycles. The van der Waals surface area contributed by atoms with Crippen LogP contribution in [0.1, 0.15) is 89.7 Å². The standard InChI is InChI=1S/C37H46F3N3O4/c1-21(2)13-32(43-20-26(11-12-42(6)7)30(18-33(43)44)37(38,39)40)36(47)41-31(19-34(45)46)27-16-25-9-8-10-28(25)29(17-27)35-23(4)14-22(3)15-24(35)5/h14-18,20-21,31-32H,8-13,19H2,1-7H3,(H,41,47)(H,45,46)/t31-,32+/m0/s1. The molecule has 0 spiro atoms. The fourth-order valence-electron chi connectivity index (χ4n) is 6.89. The first-order valence-electron chi connectivity index (χ1n) is 16.2. The molecule has 1 heterocycles. The Labute approximate surface area is 274 Å². The summed E-state index contributed by atoms with van der Waals surface area (Å²) < 4.78 is 43.0. The molecule has 1 aliphatic rings. The lowest BCUT2D eigenvalue weighted by atomic mass is 9.86. The van der Waals surface area contributed by atoms with Crippen LogP contribution in [0.4, 0.5) is 13.2 Å². The molecular weight excluding hydrogens is 607 g/mol. The number of carboxylic acid groups (broad SMARTS) is 1. The van der Waals surface area contributed by atoms with Gasteiger partial charge in [-0.25, -0.2) is 0 Å². The number of halogens is 3. The molecule has 0 bridgehead atoms. The lowest BCUT2D eigenvalue weighted by molar-refractivity contribution is -0.139. The van der Waals surface area contributed by atoms with Crippen LogP contribution in [-0.2, 0) is 35.0 Å². The number of amides is 1. The van der Waals surface area contributed by atoms with Crippen molar-refractivity contribution in [3.63, 3.8) is 0 Å². The number of hydrogen-bond acceptors (Lipinski definition) is 4. The van der Waals surface area contributed by atoms with E-state index < -0.39 is 47.7 Å². The highest BCUT2D eigenvalue weighted by Crippen LogP contribution is 2.39. The topological polar surface area (TPSA) is 91.6 Å². The number of benzene rings is 2. The minimum Gasteiger partial charge on any atom is -0.481 e. The van der Waals surface area contributed by atoms with Gasteiger partial charge in [0.05, 0.1) is 18.0 Å². The third kappa shape index (κ3) is 8.52. The largest absolute Gasteiger partial charge is 0.481 e. The van der Waals surface area contributed by atoms with E-state index in [1.54, 1.807) is 19.0 Å². The molecule has 4 rings (SSSR count). The molecule has 2 aromatic carbocycles. The number of alkyl halides is 3. The van der Waals surface area contributed by atoms with E-state index in [0.717, 1.165) is 63.4 Å². The number of aromatic nitrogens is 1. The SMILES string of the molecule is Cc1cc(C)c(-c2cc([C@H](CC(=O)O)NC(=O)[C@@H](CC(C)C)n3cc(CCN(C)C)c(C(F)(F)F)cc3=O)cc3c2CCC3)c(C)c1. The molecule has 254 valence electrons. The monoisotopic (exact) mass is 653 g/mol. The maximum absolute atomic E-state index is 14.1. The van der Waals surface area contributed by atoms with Gasteiger partial charge in [0.1, 0.15) is 6.04 Å². The van der Waals surface area contributed by atoms with Crippen LogP contribution < -0.4 is 10.9 Å². The fourth-order valence-corrected chi connectivity index (χ4v) is 6.89. The molecule has 0 radical (unpaired) electrons. The molecule has 3 aromatic rings. The van der Waals surface area contributed by atoms with E-state index in [1.165, 1.54) is 5.56 Å². The number of nitrogens with one attached hydrogen (secondary N) is 1. The van der Waals surface area contributed by atoms with Crippen molar-refractivity contribution >= 4 is 11.9 Å². The van der Waals surface area contributed by atoms with Crippen LogP contribution in [0.2, 0.25) is 0 Å². The van der Waals surface area contributed by atoms with Gasteiger partial charge in [-0.2, -0.15) is 13.2 Å². The highest BCUT2D eigenvalue weighted by atomic mass is 19.4. The number of carbonyl (C=O) groups is 2. The predicted molar refractivity (Wildman–Crippen MR) is 178 cm³/mol. The molecule has 2 N–H and O–H groups in total. The van der Waals surface area contributed by atoms with E-state index in [1.807, 2.05) is 32.9 Å². The first-order chi connectivity index (χ1) is 22.0. The van der Waals surface area contributed by atoms with Gasteiger partial charge in [-0.05, 0) is 123 Å². The minimum atomic E-state index is -4.73. The van der Waals surface area contributed by atoms with Crippen molar-refractivity contribution < 1.29 is 27.9 Å². The molecule has 47 heavy (non-hydrogen) atoms. The number of rotatable bonds is 12. The zero-order valence-electron chi connectivity index (χ0n) is 28.3. The van der Waals surface area contributed by atoms with Gasteiger partial charge in [-0.15, -0.1) is 0 Å². The second-order valence-corrected chi connectivity index (χ2v) is 13.6. The quantitative estimate of drug-likeness (QED) is 0.220. The molecule has 7 nitrogen and oxygen atoms in total. The van der Waals surface area contributed by atoms with E-state index in [9.17, 15) is 32.7 Å². The van der Waals surface area contributed by atoms with Crippen molar-refractivity contribution in [3.05, 3.63) is 91.4 Å². The van der Waals surface area contributed by atoms with E-state index >= 15 is 0 Å². The third-order valence-electron chi connectivity index (χ3n) is 8.91. The van der Waals surface area contributed by atoms with Crippen molar-refractivity contribution in [1.29, 1.82) is 0 Å². The Morgan fingerprint density at radius 2 is 1.68 bits per heavy atom. The number of carbonyl (C=O) groups excluding carboxylic acids is 1. The van der Waals surface area contributed by atoms with Gasteiger partial charge < -0.3 is 19.9 Å². The van der Waals surface area contributed by atoms with Gasteiger partial charge in [0.25, 0.3) is 5.56 Å². The lowest BCUT2D eigenvalue weighted by Crippen LogP contribution is -2.40. The van der Waals surface area contributed by atoms with Crippen LogP contribution >= 0.6 is 0 Å². The first kappa shape index (κ1) is 35.9. The summed E-state index contributed by atoms with van der Waals surface area (Å²) in [4.78, 5) is 41.2. The Balaban J connectivity index is 1.80. The number of carboxylic acids is 1. The van der Waals surface area contributed by atoms with Gasteiger partial charge in [0, 0.05) is 18.8 Å². The smallest absolute Gasteiger partial charge is 0.416 e. The Morgan fingerprint density at radius 1 is 1.02 bits per heavy atom. The van der Waals surface area contributed by atoms with Crippen LogP contribution in [0.25, 0.3) is 11.1 Å². The minimum absolute atomic E-state index is 0.0233. The molecule has 0 aliphatic heterocycles. The summed E-state index contributed by atoms with van der Waals surface area (Å²) in [5.41, 5.74) is 6.43. The molecule has 0 saturated carbocycles. The van der Waals surface area contributed by atoms with Gasteiger partial charge in [-0.3, -0.25) is 14.4 Å². The number of aryl methyl sites for hydroxylation is 4. The number of hydrogen-bond donors (Lipinski definition) is 2. The van der Waals surface area contributed by atoms with Gasteiger partial charge in [0.15, 0.2) is 0 Å². The van der Waals surface area contributed by atoms with Crippen LogP contribution in [-0.4, -0.2) is 47.1 Å². The maximum atomic E-state index is 14.1. The summed E-state index contributed by atoms with van der Waals surface area (Å²) in [5, 5.41) is 12.8. The predicted octanol–water partition coefficient (Wildman–Crippen LogP) is 6.97. The number of pyridine rings is 1. The van der Waals surface area contributed by atoms with Gasteiger partial charge in [-0.1, -0.05) is 37.6 Å². The summed E-state index contributed by atoms with van der Waals surface area (Å²) in [6.45, 7) is 10.2. The lowest BCUT2D eigenvalue weighted by Gasteiger charge is -2.27. The number of nitrogens with zero attached hydrogens (tertiary/aromatic N) is 2. The van der Waals surface area contributed by atoms with Crippen molar-refractivity contribution in [3.8, 4) is 11.1 Å². The van der Waals surface area contributed by atoms with Crippen molar-refractivity contribution in [2.75, 3.05) is 20.6 Å². The number of aliphatic carboxylic acids is 1. The fraction of sp³-hybridized carbons (Fsp3) is 0.486. The van der Waals surface area contributed by atoms with Crippen LogP contribution in [0.5, 0.6) is 0 Å². The summed E-state index contributed by atoms with van der Waals surface area (Å²) in [5.74, 6) is -1.82. The summed E-state index contributed by atoms with van der Waals surface area (Å²) in [6, 6.07) is 6.69. The van der Waals surface area contributed by atoms with E-state index in [4.69, 9.17) is 0 Å². The second kappa shape index (κ2) is 14.5. The molecule has 2 atom stereocenters. The molecule has 0 fully saturated rings. The number of fused-ring (bicyclic) bond motifs is 1. The van der Waals surface area contributed by atoms with Crippen LogP contribution in [0.3, 0.4) is 0 Å². The molecule has 1 aliphatic carbocycles. The Kier molecular flexibility index (Phi) is 11.1. The second-order valence-electron chi connectivity index (χ2n) is 13.6. The Hall–Kier alpha value is -3.92. The first-order valence-corrected chi connectivity index (χ1v) is 16.2. The third-order valence-corrected chi connectivity index (χ3v) is 8.91. The van der Waals surface area contributed by atoms with Crippen LogP contribution in [0, 0.1) is 26.7 Å². The highest BCUT2D eigenvalue weighted by Gasteiger charge is 2.36. The normalized spacial score (nSPS) is 14.4. The molecular formula is C37H46F3N3O4. The van der Waals surface area contributed by atoms with E-state index in [0.29, 0.717) is 18.2 Å². The highest BCUT2D eigenvalue weighted by molar-refractivity contribution is 5.82. The number of likely N-dealkylation sites (N-methyl/N-ethyl adjacent to an activating group) is 1. The molecule has 10 heteroatoms. The Bertz CT molecular complexity index is 1690. The van der Waals surface area contributed by atoms with E-state index in [2.05, 4.69) is 31.3 Å². The average Bonchev–Trinajstić information content (AvgIpc) is 3.42. The van der Waals surface area contributed by atoms with Crippen molar-refractivity contribution in [2.45, 2.75) is 91.4 Å². The zero-order chi connectivity index (χ0) is 34.8. The van der Waals surface area contributed by atoms with Gasteiger partial charge >= 0.3 is 12.1 Å². The maximum Gasteiger partial charge on any atom is 0.416 e. The average molecular weight is 654 g/mol. The summed E-state index contributed by atoms with van der Waals surface area (Å²) in [6.07, 6.45) is -1.09. The summed E-state index contributed by atoms with van der Waals surface area (Å²) in [7, 11) is 3.49. The Morgan fingerprint density at radius 3 is 2.26 bits per heavy atom. The molecule has 1 aromatic heterocycles. The van der Waals surface area contributed by atoms with Gasteiger partial charge in [0.2, 0.25) is 5.91 Å². The van der Waals surface area contributed by atoms with Crippen molar-refractivity contribution in [2.24, 2.45) is 5.92 Å². The van der Waals surface area contributed by atoms with Crippen molar-refractivity contribution in [1.82, 2.24) is 14.8 Å². The zero-order valence-corrected chi connectivity index (χ0v) is 28.3. The molecule has 1 amide bonds.